The molecular formula is C26H35BrN2O3. The van der Waals surface area contributed by atoms with Gasteiger partial charge in [-0.1, -0.05) is 63.1 Å². The van der Waals surface area contributed by atoms with Gasteiger partial charge in [0.1, 0.15) is 11.8 Å². The fourth-order valence-corrected chi connectivity index (χ4v) is 3.85. The lowest BCUT2D eigenvalue weighted by molar-refractivity contribution is -0.142. The van der Waals surface area contributed by atoms with Gasteiger partial charge < -0.3 is 15.0 Å². The zero-order valence-corrected chi connectivity index (χ0v) is 21.4. The predicted molar refractivity (Wildman–Crippen MR) is 133 cm³/mol. The summed E-state index contributed by atoms with van der Waals surface area (Å²) >= 11 is 3.54. The molecule has 32 heavy (non-hydrogen) atoms. The first-order valence-corrected chi connectivity index (χ1v) is 12.1. The maximum absolute atomic E-state index is 13.2. The van der Waals surface area contributed by atoms with Gasteiger partial charge in [-0.2, -0.15) is 0 Å². The number of nitrogens with zero attached hydrogens (tertiary/aromatic N) is 1. The lowest BCUT2D eigenvalue weighted by Crippen LogP contribution is -2.49. The maximum atomic E-state index is 13.2. The summed E-state index contributed by atoms with van der Waals surface area (Å²) in [5.41, 5.74) is 3.28. The molecule has 0 aliphatic carbocycles. The van der Waals surface area contributed by atoms with E-state index in [0.29, 0.717) is 24.8 Å². The summed E-state index contributed by atoms with van der Waals surface area (Å²) in [7, 11) is 0. The zero-order valence-electron chi connectivity index (χ0n) is 19.8. The fraction of sp³-hybridized carbons (Fsp3) is 0.462. The van der Waals surface area contributed by atoms with E-state index in [9.17, 15) is 9.59 Å². The lowest BCUT2D eigenvalue weighted by atomic mass is 10.0. The molecular weight excluding hydrogens is 468 g/mol. The molecule has 1 N–H and O–H groups in total. The van der Waals surface area contributed by atoms with Crippen molar-refractivity contribution in [2.75, 3.05) is 13.2 Å². The van der Waals surface area contributed by atoms with Crippen LogP contribution in [0.3, 0.4) is 0 Å². The summed E-state index contributed by atoms with van der Waals surface area (Å²) in [4.78, 5) is 27.5. The molecule has 0 aliphatic rings. The average molecular weight is 503 g/mol. The molecule has 2 amide bonds. The maximum Gasteiger partial charge on any atom is 0.261 e. The number of rotatable bonds is 11. The minimum absolute atomic E-state index is 0.141. The molecule has 0 fully saturated rings. The number of carbonyl (C=O) groups excluding carboxylic acids is 2. The van der Waals surface area contributed by atoms with Crippen LogP contribution in [-0.2, 0) is 16.1 Å². The lowest BCUT2D eigenvalue weighted by Gasteiger charge is -2.29. The Morgan fingerprint density at radius 2 is 1.88 bits per heavy atom. The van der Waals surface area contributed by atoms with Crippen molar-refractivity contribution < 1.29 is 14.3 Å². The van der Waals surface area contributed by atoms with Crippen LogP contribution in [0.4, 0.5) is 0 Å². The van der Waals surface area contributed by atoms with Crippen molar-refractivity contribution >= 4 is 27.7 Å². The van der Waals surface area contributed by atoms with E-state index in [-0.39, 0.29) is 18.4 Å². The molecule has 0 unspecified atom stereocenters. The van der Waals surface area contributed by atoms with Gasteiger partial charge in [-0.3, -0.25) is 9.59 Å². The number of amides is 2. The van der Waals surface area contributed by atoms with Crippen LogP contribution in [0, 0.1) is 6.92 Å². The highest BCUT2D eigenvalue weighted by Gasteiger charge is 2.26. The first-order valence-electron chi connectivity index (χ1n) is 11.3. The van der Waals surface area contributed by atoms with E-state index in [1.54, 1.807) is 11.8 Å². The van der Waals surface area contributed by atoms with Crippen LogP contribution in [0.1, 0.15) is 63.1 Å². The molecule has 0 radical (unpaired) electrons. The second-order valence-corrected chi connectivity index (χ2v) is 9.32. The quantitative estimate of drug-likeness (QED) is 0.407. The van der Waals surface area contributed by atoms with Gasteiger partial charge in [0, 0.05) is 13.1 Å². The Morgan fingerprint density at radius 1 is 1.12 bits per heavy atom. The number of aryl methyl sites for hydroxylation is 1. The van der Waals surface area contributed by atoms with Crippen LogP contribution in [0.2, 0.25) is 0 Å². The van der Waals surface area contributed by atoms with Gasteiger partial charge in [-0.05, 0) is 65.4 Å². The molecule has 5 nitrogen and oxygen atoms in total. The number of hydrogen-bond donors (Lipinski definition) is 1. The smallest absolute Gasteiger partial charge is 0.261 e. The summed E-state index contributed by atoms with van der Waals surface area (Å²) in [6, 6.07) is 13.3. The minimum Gasteiger partial charge on any atom is -0.483 e. The molecule has 0 spiro atoms. The third-order valence-corrected chi connectivity index (χ3v) is 6.03. The van der Waals surface area contributed by atoms with Crippen LogP contribution in [0.5, 0.6) is 5.75 Å². The molecule has 1 atom stereocenters. The van der Waals surface area contributed by atoms with Gasteiger partial charge in [0.25, 0.3) is 5.91 Å². The predicted octanol–water partition coefficient (Wildman–Crippen LogP) is 5.59. The molecule has 2 aromatic rings. The summed E-state index contributed by atoms with van der Waals surface area (Å²) in [5.74, 6) is 0.628. The average Bonchev–Trinajstić information content (AvgIpc) is 2.76. The van der Waals surface area contributed by atoms with Crippen LogP contribution >= 0.6 is 15.9 Å². The Kier molecular flexibility index (Phi) is 10.2. The van der Waals surface area contributed by atoms with Crippen molar-refractivity contribution in [2.45, 2.75) is 66.0 Å². The Labute approximate surface area is 200 Å². The third kappa shape index (κ3) is 7.66. The van der Waals surface area contributed by atoms with Gasteiger partial charge >= 0.3 is 0 Å². The number of benzene rings is 2. The van der Waals surface area contributed by atoms with Crippen molar-refractivity contribution in [3.05, 3.63) is 63.6 Å². The van der Waals surface area contributed by atoms with Crippen LogP contribution in [0.25, 0.3) is 0 Å². The van der Waals surface area contributed by atoms with Crippen LogP contribution < -0.4 is 10.1 Å². The number of unbranched alkanes of at least 4 members (excludes halogenated alkanes) is 1. The van der Waals surface area contributed by atoms with Crippen LogP contribution in [0.15, 0.2) is 46.9 Å². The molecule has 2 aromatic carbocycles. The van der Waals surface area contributed by atoms with Crippen molar-refractivity contribution in [2.24, 2.45) is 0 Å². The summed E-state index contributed by atoms with van der Waals surface area (Å²) < 4.78 is 6.65. The zero-order chi connectivity index (χ0) is 23.7. The highest BCUT2D eigenvalue weighted by molar-refractivity contribution is 9.10. The van der Waals surface area contributed by atoms with Gasteiger partial charge in [-0.25, -0.2) is 0 Å². The van der Waals surface area contributed by atoms with Crippen molar-refractivity contribution in [1.82, 2.24) is 10.2 Å². The Hall–Kier alpha value is -2.34. The van der Waals surface area contributed by atoms with E-state index in [2.05, 4.69) is 42.0 Å². The normalized spacial score (nSPS) is 11.8. The molecule has 0 aliphatic heterocycles. The Bertz CT molecular complexity index is 914. The van der Waals surface area contributed by atoms with E-state index < -0.39 is 6.04 Å². The third-order valence-electron chi connectivity index (χ3n) is 5.41. The number of halogens is 1. The molecule has 174 valence electrons. The monoisotopic (exact) mass is 502 g/mol. The largest absolute Gasteiger partial charge is 0.483 e. The Balaban J connectivity index is 2.14. The highest BCUT2D eigenvalue weighted by atomic mass is 79.9. The van der Waals surface area contributed by atoms with Gasteiger partial charge in [0.15, 0.2) is 6.61 Å². The number of ether oxygens (including phenoxy) is 1. The summed E-state index contributed by atoms with van der Waals surface area (Å²) in [5, 5.41) is 2.93. The standard InChI is InChI=1S/C26H35BrN2O3/c1-6-7-13-28-26(31)20(5)29(16-21-10-8-9-19(4)14-21)25(30)17-32-24-12-11-22(18(2)3)15-23(24)27/h8-12,14-15,18,20H,6-7,13,16-17H2,1-5H3,(H,28,31)/t20-/m1/s1. The molecule has 6 heteroatoms. The first-order chi connectivity index (χ1) is 15.2. The minimum atomic E-state index is -0.602. The summed E-state index contributed by atoms with van der Waals surface area (Å²) in [6.45, 7) is 10.9. The van der Waals surface area contributed by atoms with E-state index in [0.717, 1.165) is 28.4 Å². The number of carbonyl (C=O) groups is 2. The number of nitrogens with one attached hydrogen (secondary N) is 1. The molecule has 0 aromatic heterocycles. The van der Waals surface area contributed by atoms with Crippen LogP contribution in [-0.4, -0.2) is 35.9 Å². The molecule has 0 heterocycles. The van der Waals surface area contributed by atoms with E-state index >= 15 is 0 Å². The van der Waals surface area contributed by atoms with Gasteiger partial charge in [-0.15, -0.1) is 0 Å². The molecule has 2 rings (SSSR count). The Morgan fingerprint density at radius 3 is 2.50 bits per heavy atom. The molecule has 0 saturated carbocycles. The fourth-order valence-electron chi connectivity index (χ4n) is 3.34. The first kappa shape index (κ1) is 25.9. The summed E-state index contributed by atoms with van der Waals surface area (Å²) in [6.07, 6.45) is 1.91. The second-order valence-electron chi connectivity index (χ2n) is 8.46. The number of hydrogen-bond acceptors (Lipinski definition) is 3. The van der Waals surface area contributed by atoms with E-state index in [1.807, 2.05) is 49.4 Å². The van der Waals surface area contributed by atoms with Crippen molar-refractivity contribution in [3.63, 3.8) is 0 Å². The van der Waals surface area contributed by atoms with Crippen molar-refractivity contribution in [1.29, 1.82) is 0 Å². The van der Waals surface area contributed by atoms with Crippen molar-refractivity contribution in [3.8, 4) is 5.75 Å². The topological polar surface area (TPSA) is 58.6 Å². The van der Waals surface area contributed by atoms with Gasteiger partial charge in [0.2, 0.25) is 5.91 Å². The molecule has 0 saturated heterocycles. The highest BCUT2D eigenvalue weighted by Crippen LogP contribution is 2.29. The molecule has 0 bridgehead atoms. The SMILES string of the molecule is CCCCNC(=O)[C@@H](C)N(Cc1cccc(C)c1)C(=O)COc1ccc(C(C)C)cc1Br. The van der Waals surface area contributed by atoms with E-state index in [1.165, 1.54) is 5.56 Å². The second kappa shape index (κ2) is 12.6. The van der Waals surface area contributed by atoms with Gasteiger partial charge in [0.05, 0.1) is 4.47 Å². The van der Waals surface area contributed by atoms with E-state index in [4.69, 9.17) is 4.74 Å².